The highest BCUT2D eigenvalue weighted by Gasteiger charge is 2.09. The number of hydrogen-bond acceptors (Lipinski definition) is 3. The predicted molar refractivity (Wildman–Crippen MR) is 113 cm³/mol. The van der Waals surface area contributed by atoms with E-state index < -0.39 is 0 Å². The van der Waals surface area contributed by atoms with Crippen LogP contribution in [0.3, 0.4) is 0 Å². The molecule has 4 heteroatoms. The van der Waals surface area contributed by atoms with Crippen LogP contribution in [0.15, 0.2) is 59.6 Å². The standard InChI is InChI=1S/C23H30N2O2/c1-3-5-10-18-27-23(26)20-13-15-22(16-14-20)25(17-6-4-2)19-24-21-11-8-7-9-12-21/h7-9,11-16,19H,3-6,10,17-18H2,1-2H3. The number of nitrogens with zero attached hydrogens (tertiary/aromatic N) is 2. The molecule has 0 atom stereocenters. The third-order valence-corrected chi connectivity index (χ3v) is 4.27. The first kappa shape index (κ1) is 20.7. The van der Waals surface area contributed by atoms with Gasteiger partial charge in [0, 0.05) is 12.2 Å². The maximum absolute atomic E-state index is 12.1. The molecule has 0 bridgehead atoms. The number of para-hydroxylation sites is 1. The molecule has 0 radical (unpaired) electrons. The maximum Gasteiger partial charge on any atom is 0.338 e. The van der Waals surface area contributed by atoms with Crippen LogP contribution in [0.4, 0.5) is 11.4 Å². The second-order valence-corrected chi connectivity index (χ2v) is 6.52. The van der Waals surface area contributed by atoms with Crippen LogP contribution in [0.25, 0.3) is 0 Å². The number of aliphatic imine (C=N–C) groups is 1. The Morgan fingerprint density at radius 2 is 1.67 bits per heavy atom. The maximum atomic E-state index is 12.1. The Morgan fingerprint density at radius 1 is 0.963 bits per heavy atom. The first-order valence-electron chi connectivity index (χ1n) is 9.87. The van der Waals surface area contributed by atoms with Crippen LogP contribution in [0, 0.1) is 0 Å². The quantitative estimate of drug-likeness (QED) is 0.212. The molecule has 2 aromatic rings. The van der Waals surface area contributed by atoms with E-state index in [1.165, 1.54) is 0 Å². The van der Waals surface area contributed by atoms with Crippen molar-refractivity contribution in [3.63, 3.8) is 0 Å². The van der Waals surface area contributed by atoms with Crippen LogP contribution in [0.2, 0.25) is 0 Å². The molecule has 0 aliphatic rings. The van der Waals surface area contributed by atoms with Crippen molar-refractivity contribution >= 4 is 23.7 Å². The van der Waals surface area contributed by atoms with Gasteiger partial charge in [-0.15, -0.1) is 0 Å². The van der Waals surface area contributed by atoms with E-state index in [0.717, 1.165) is 50.0 Å². The van der Waals surface area contributed by atoms with E-state index in [2.05, 4.69) is 23.7 Å². The third kappa shape index (κ3) is 7.26. The fourth-order valence-electron chi connectivity index (χ4n) is 2.62. The molecule has 0 saturated carbocycles. The van der Waals surface area contributed by atoms with E-state index in [9.17, 15) is 4.79 Å². The molecule has 0 unspecified atom stereocenters. The minimum absolute atomic E-state index is 0.254. The van der Waals surface area contributed by atoms with Crippen LogP contribution in [-0.2, 0) is 4.74 Å². The van der Waals surface area contributed by atoms with Gasteiger partial charge >= 0.3 is 5.97 Å². The van der Waals surface area contributed by atoms with Crippen molar-refractivity contribution in [3.8, 4) is 0 Å². The van der Waals surface area contributed by atoms with Gasteiger partial charge in [0.25, 0.3) is 0 Å². The number of ether oxygens (including phenoxy) is 1. The summed E-state index contributed by atoms with van der Waals surface area (Å²) in [6.45, 7) is 5.67. The first-order valence-corrected chi connectivity index (χ1v) is 9.87. The summed E-state index contributed by atoms with van der Waals surface area (Å²) in [5, 5.41) is 0. The number of esters is 1. The summed E-state index contributed by atoms with van der Waals surface area (Å²) in [5.74, 6) is -0.254. The number of unbranched alkanes of at least 4 members (excludes halogenated alkanes) is 3. The van der Waals surface area contributed by atoms with Crippen molar-refractivity contribution in [1.82, 2.24) is 0 Å². The van der Waals surface area contributed by atoms with Gasteiger partial charge in [-0.2, -0.15) is 0 Å². The third-order valence-electron chi connectivity index (χ3n) is 4.27. The molecule has 0 amide bonds. The van der Waals surface area contributed by atoms with Gasteiger partial charge in [0.1, 0.15) is 0 Å². The van der Waals surface area contributed by atoms with Crippen molar-refractivity contribution < 1.29 is 9.53 Å². The Kier molecular flexibility index (Phi) is 9.11. The van der Waals surface area contributed by atoms with Crippen LogP contribution in [-0.4, -0.2) is 25.5 Å². The second-order valence-electron chi connectivity index (χ2n) is 6.52. The van der Waals surface area contributed by atoms with E-state index in [1.807, 2.05) is 60.9 Å². The topological polar surface area (TPSA) is 41.9 Å². The average Bonchev–Trinajstić information content (AvgIpc) is 2.72. The molecule has 2 rings (SSSR count). The van der Waals surface area contributed by atoms with Crippen LogP contribution < -0.4 is 4.90 Å². The highest BCUT2D eigenvalue weighted by Crippen LogP contribution is 2.17. The minimum Gasteiger partial charge on any atom is -0.462 e. The van der Waals surface area contributed by atoms with Gasteiger partial charge in [-0.25, -0.2) is 9.79 Å². The van der Waals surface area contributed by atoms with Gasteiger partial charge in [-0.1, -0.05) is 51.3 Å². The van der Waals surface area contributed by atoms with Crippen molar-refractivity contribution in [2.75, 3.05) is 18.1 Å². The molecule has 4 nitrogen and oxygen atoms in total. The van der Waals surface area contributed by atoms with E-state index in [0.29, 0.717) is 12.2 Å². The molecular weight excluding hydrogens is 336 g/mol. The van der Waals surface area contributed by atoms with Crippen molar-refractivity contribution in [1.29, 1.82) is 0 Å². The highest BCUT2D eigenvalue weighted by atomic mass is 16.5. The lowest BCUT2D eigenvalue weighted by molar-refractivity contribution is 0.0498. The smallest absolute Gasteiger partial charge is 0.338 e. The molecule has 0 saturated heterocycles. The molecule has 0 spiro atoms. The van der Waals surface area contributed by atoms with Gasteiger partial charge in [0.05, 0.1) is 24.2 Å². The normalized spacial score (nSPS) is 10.9. The van der Waals surface area contributed by atoms with Crippen molar-refractivity contribution in [3.05, 3.63) is 60.2 Å². The Hall–Kier alpha value is -2.62. The van der Waals surface area contributed by atoms with E-state index in [1.54, 1.807) is 0 Å². The summed E-state index contributed by atoms with van der Waals surface area (Å²) in [6.07, 6.45) is 7.16. The number of rotatable bonds is 11. The molecule has 0 heterocycles. The number of carbonyl (C=O) groups excluding carboxylic acids is 1. The molecular formula is C23H30N2O2. The van der Waals surface area contributed by atoms with Crippen LogP contribution in [0.5, 0.6) is 0 Å². The number of anilines is 1. The number of benzene rings is 2. The zero-order valence-corrected chi connectivity index (χ0v) is 16.4. The SMILES string of the molecule is CCCCCOC(=O)c1ccc(N(C=Nc2ccccc2)CCCC)cc1. The zero-order chi connectivity index (χ0) is 19.3. The van der Waals surface area contributed by atoms with Gasteiger partial charge in [0.15, 0.2) is 0 Å². The number of hydrogen-bond donors (Lipinski definition) is 0. The monoisotopic (exact) mass is 366 g/mol. The van der Waals surface area contributed by atoms with Gasteiger partial charge in [-0.05, 0) is 49.2 Å². The van der Waals surface area contributed by atoms with Crippen molar-refractivity contribution in [2.45, 2.75) is 46.0 Å². The Bertz CT molecular complexity index is 696. The lowest BCUT2D eigenvalue weighted by atomic mass is 10.2. The molecule has 0 aliphatic heterocycles. The Morgan fingerprint density at radius 3 is 2.33 bits per heavy atom. The minimum atomic E-state index is -0.254. The lowest BCUT2D eigenvalue weighted by Crippen LogP contribution is -2.22. The molecule has 2 aromatic carbocycles. The van der Waals surface area contributed by atoms with E-state index >= 15 is 0 Å². The molecule has 0 aromatic heterocycles. The highest BCUT2D eigenvalue weighted by molar-refractivity contribution is 5.90. The summed E-state index contributed by atoms with van der Waals surface area (Å²) in [5.41, 5.74) is 2.53. The first-order chi connectivity index (χ1) is 13.2. The summed E-state index contributed by atoms with van der Waals surface area (Å²) < 4.78 is 5.32. The predicted octanol–water partition coefficient (Wildman–Crippen LogP) is 6.00. The molecule has 0 fully saturated rings. The Balaban J connectivity index is 2.02. The second kappa shape index (κ2) is 11.9. The number of carbonyl (C=O) groups is 1. The van der Waals surface area contributed by atoms with Gasteiger partial charge < -0.3 is 9.64 Å². The van der Waals surface area contributed by atoms with Gasteiger partial charge in [-0.3, -0.25) is 0 Å². The fourth-order valence-corrected chi connectivity index (χ4v) is 2.62. The summed E-state index contributed by atoms with van der Waals surface area (Å²) >= 11 is 0. The summed E-state index contributed by atoms with van der Waals surface area (Å²) in [4.78, 5) is 18.8. The molecule has 144 valence electrons. The van der Waals surface area contributed by atoms with Crippen molar-refractivity contribution in [2.24, 2.45) is 4.99 Å². The lowest BCUT2D eigenvalue weighted by Gasteiger charge is -2.19. The molecule has 27 heavy (non-hydrogen) atoms. The van der Waals surface area contributed by atoms with E-state index in [4.69, 9.17) is 4.74 Å². The largest absolute Gasteiger partial charge is 0.462 e. The Labute approximate surface area is 162 Å². The van der Waals surface area contributed by atoms with Crippen LogP contribution in [0.1, 0.15) is 56.3 Å². The van der Waals surface area contributed by atoms with Gasteiger partial charge in [0.2, 0.25) is 0 Å². The summed E-state index contributed by atoms with van der Waals surface area (Å²) in [6, 6.07) is 17.4. The molecule has 0 aliphatic carbocycles. The average molecular weight is 367 g/mol. The summed E-state index contributed by atoms with van der Waals surface area (Å²) in [7, 11) is 0. The van der Waals surface area contributed by atoms with Crippen LogP contribution >= 0.6 is 0 Å². The zero-order valence-electron chi connectivity index (χ0n) is 16.4. The van der Waals surface area contributed by atoms with E-state index in [-0.39, 0.29) is 5.97 Å². The molecule has 0 N–H and O–H groups in total. The fraction of sp³-hybridized carbons (Fsp3) is 0.391.